The van der Waals surface area contributed by atoms with Gasteiger partial charge in [0.05, 0.1) is 19.3 Å². The van der Waals surface area contributed by atoms with E-state index in [2.05, 4.69) is 5.32 Å². The van der Waals surface area contributed by atoms with E-state index in [-0.39, 0.29) is 18.3 Å². The molecule has 1 N–H and O–H groups in total. The van der Waals surface area contributed by atoms with Crippen LogP contribution in [0.25, 0.3) is 0 Å². The third-order valence-corrected chi connectivity index (χ3v) is 4.25. The van der Waals surface area contributed by atoms with E-state index in [1.807, 2.05) is 49.5 Å². The fourth-order valence-corrected chi connectivity index (χ4v) is 3.02. The standard InChI is InChI=1S/C18H21ClN2O3/c1-20-10-17-11-21(18(22)24-17)15-5-7-16(8-6-15)23-12-13-3-2-4-14(19)9-13/h2-7,9,16-17,20H,8,10-12H2,1H3. The lowest BCUT2D eigenvalue weighted by Crippen LogP contribution is -2.29. The number of allylic oxidation sites excluding steroid dienone is 1. The molecule has 2 aliphatic rings. The second-order valence-corrected chi connectivity index (χ2v) is 6.31. The Hall–Kier alpha value is -1.82. The summed E-state index contributed by atoms with van der Waals surface area (Å²) in [6.45, 7) is 1.74. The van der Waals surface area contributed by atoms with E-state index in [1.54, 1.807) is 4.90 Å². The number of ether oxygens (including phenoxy) is 2. The Morgan fingerprint density at radius 1 is 1.46 bits per heavy atom. The fourth-order valence-electron chi connectivity index (χ4n) is 2.81. The zero-order valence-electron chi connectivity index (χ0n) is 13.6. The summed E-state index contributed by atoms with van der Waals surface area (Å²) in [6.07, 6.45) is 6.27. The molecule has 6 heteroatoms. The van der Waals surface area contributed by atoms with E-state index in [1.165, 1.54) is 0 Å². The highest BCUT2D eigenvalue weighted by molar-refractivity contribution is 6.30. The van der Waals surface area contributed by atoms with Gasteiger partial charge in [0, 0.05) is 17.3 Å². The van der Waals surface area contributed by atoms with Crippen molar-refractivity contribution in [2.24, 2.45) is 0 Å². The van der Waals surface area contributed by atoms with Crippen LogP contribution in [-0.2, 0) is 16.1 Å². The Labute approximate surface area is 146 Å². The molecule has 1 aliphatic heterocycles. The molecule has 1 amide bonds. The first kappa shape index (κ1) is 17.0. The third-order valence-electron chi connectivity index (χ3n) is 4.01. The number of nitrogens with one attached hydrogen (secondary N) is 1. The van der Waals surface area contributed by atoms with Gasteiger partial charge < -0.3 is 14.8 Å². The van der Waals surface area contributed by atoms with Crippen LogP contribution in [0.1, 0.15) is 12.0 Å². The van der Waals surface area contributed by atoms with Crippen molar-refractivity contribution in [2.75, 3.05) is 20.1 Å². The molecule has 0 spiro atoms. The number of nitrogens with zero attached hydrogens (tertiary/aromatic N) is 1. The first-order valence-corrected chi connectivity index (χ1v) is 8.40. The van der Waals surface area contributed by atoms with Crippen molar-refractivity contribution >= 4 is 17.7 Å². The summed E-state index contributed by atoms with van der Waals surface area (Å²) in [6, 6.07) is 7.65. The van der Waals surface area contributed by atoms with E-state index in [4.69, 9.17) is 21.1 Å². The first-order chi connectivity index (χ1) is 11.7. The normalized spacial score (nSPS) is 23.3. The Morgan fingerprint density at radius 2 is 2.33 bits per heavy atom. The average molecular weight is 349 g/mol. The summed E-state index contributed by atoms with van der Waals surface area (Å²) in [4.78, 5) is 13.6. The van der Waals surface area contributed by atoms with Gasteiger partial charge in [0.2, 0.25) is 0 Å². The number of hydrogen-bond donors (Lipinski definition) is 1. The number of amides is 1. The molecule has 1 heterocycles. The van der Waals surface area contributed by atoms with Crippen LogP contribution in [0.15, 0.2) is 48.2 Å². The monoisotopic (exact) mass is 348 g/mol. The minimum atomic E-state index is -0.288. The van der Waals surface area contributed by atoms with Gasteiger partial charge in [-0.3, -0.25) is 4.90 Å². The second kappa shape index (κ2) is 7.83. The van der Waals surface area contributed by atoms with E-state index in [0.29, 0.717) is 24.7 Å². The van der Waals surface area contributed by atoms with Crippen LogP contribution in [0.3, 0.4) is 0 Å². The summed E-state index contributed by atoms with van der Waals surface area (Å²) in [5.41, 5.74) is 1.92. The number of halogens is 1. The molecule has 5 nitrogen and oxygen atoms in total. The van der Waals surface area contributed by atoms with E-state index < -0.39 is 0 Å². The molecule has 0 bridgehead atoms. The third kappa shape index (κ3) is 4.17. The maximum atomic E-state index is 11.9. The summed E-state index contributed by atoms with van der Waals surface area (Å²) < 4.78 is 11.2. The predicted molar refractivity (Wildman–Crippen MR) is 92.8 cm³/mol. The lowest BCUT2D eigenvalue weighted by Gasteiger charge is -2.21. The Balaban J connectivity index is 1.51. The van der Waals surface area contributed by atoms with Gasteiger partial charge >= 0.3 is 6.09 Å². The van der Waals surface area contributed by atoms with Gasteiger partial charge in [-0.25, -0.2) is 4.79 Å². The van der Waals surface area contributed by atoms with Crippen molar-refractivity contribution in [1.29, 1.82) is 0 Å². The smallest absolute Gasteiger partial charge is 0.414 e. The molecule has 2 atom stereocenters. The zero-order chi connectivity index (χ0) is 16.9. The molecule has 1 aromatic rings. The van der Waals surface area contributed by atoms with Crippen LogP contribution in [0, 0.1) is 0 Å². The van der Waals surface area contributed by atoms with Gasteiger partial charge in [-0.1, -0.05) is 35.9 Å². The summed E-state index contributed by atoms with van der Waals surface area (Å²) in [5.74, 6) is 0. The summed E-state index contributed by atoms with van der Waals surface area (Å²) >= 11 is 5.97. The molecule has 2 unspecified atom stereocenters. The molecule has 0 aromatic heterocycles. The SMILES string of the molecule is CNCC1CN(C2=CCC(OCc3cccc(Cl)c3)C=C2)C(=O)O1. The van der Waals surface area contributed by atoms with Crippen LogP contribution in [0.4, 0.5) is 4.79 Å². The molecule has 1 saturated heterocycles. The molecular weight excluding hydrogens is 328 g/mol. The van der Waals surface area contributed by atoms with Crippen LogP contribution in [0.2, 0.25) is 5.02 Å². The Bertz CT molecular complexity index is 659. The van der Waals surface area contributed by atoms with Crippen molar-refractivity contribution in [2.45, 2.75) is 25.2 Å². The van der Waals surface area contributed by atoms with E-state index >= 15 is 0 Å². The number of likely N-dealkylation sites (N-methyl/N-ethyl adjacent to an activating group) is 1. The predicted octanol–water partition coefficient (Wildman–Crippen LogP) is 3.11. The van der Waals surface area contributed by atoms with Crippen LogP contribution in [-0.4, -0.2) is 43.3 Å². The maximum Gasteiger partial charge on any atom is 0.414 e. The van der Waals surface area contributed by atoms with Gasteiger partial charge in [-0.2, -0.15) is 0 Å². The van der Waals surface area contributed by atoms with Crippen molar-refractivity contribution < 1.29 is 14.3 Å². The lowest BCUT2D eigenvalue weighted by atomic mass is 10.1. The Morgan fingerprint density at radius 3 is 3.04 bits per heavy atom. The molecule has 1 aliphatic carbocycles. The van der Waals surface area contributed by atoms with Crippen LogP contribution in [0.5, 0.6) is 0 Å². The summed E-state index contributed by atoms with van der Waals surface area (Å²) in [5, 5.41) is 3.74. The number of carbonyl (C=O) groups excluding carboxylic acids is 1. The first-order valence-electron chi connectivity index (χ1n) is 8.03. The van der Waals surface area contributed by atoms with Crippen molar-refractivity contribution in [1.82, 2.24) is 10.2 Å². The quantitative estimate of drug-likeness (QED) is 0.858. The highest BCUT2D eigenvalue weighted by Crippen LogP contribution is 2.23. The minimum Gasteiger partial charge on any atom is -0.443 e. The molecule has 3 rings (SSSR count). The highest BCUT2D eigenvalue weighted by atomic mass is 35.5. The Kier molecular flexibility index (Phi) is 5.56. The average Bonchev–Trinajstić information content (AvgIpc) is 2.94. The molecule has 0 saturated carbocycles. The van der Waals surface area contributed by atoms with Crippen molar-refractivity contribution in [3.8, 4) is 0 Å². The minimum absolute atomic E-state index is 0.000500. The molecular formula is C18H21ClN2O3. The van der Waals surface area contributed by atoms with Crippen LogP contribution < -0.4 is 5.32 Å². The zero-order valence-corrected chi connectivity index (χ0v) is 14.3. The topological polar surface area (TPSA) is 50.8 Å². The molecule has 24 heavy (non-hydrogen) atoms. The number of carbonyl (C=O) groups is 1. The van der Waals surface area contributed by atoms with Gasteiger partial charge in [0.15, 0.2) is 0 Å². The van der Waals surface area contributed by atoms with Crippen molar-refractivity contribution in [3.63, 3.8) is 0 Å². The molecule has 0 radical (unpaired) electrons. The highest BCUT2D eigenvalue weighted by Gasteiger charge is 2.32. The summed E-state index contributed by atoms with van der Waals surface area (Å²) in [7, 11) is 1.85. The van der Waals surface area contributed by atoms with E-state index in [9.17, 15) is 4.79 Å². The lowest BCUT2D eigenvalue weighted by molar-refractivity contribution is 0.0725. The maximum absolute atomic E-state index is 11.9. The van der Waals surface area contributed by atoms with Gasteiger partial charge in [-0.15, -0.1) is 0 Å². The number of benzene rings is 1. The largest absolute Gasteiger partial charge is 0.443 e. The molecule has 128 valence electrons. The van der Waals surface area contributed by atoms with Gasteiger partial charge in [-0.05, 0) is 37.2 Å². The second-order valence-electron chi connectivity index (χ2n) is 5.88. The number of rotatable bonds is 6. The van der Waals surface area contributed by atoms with Gasteiger partial charge in [0.25, 0.3) is 0 Å². The van der Waals surface area contributed by atoms with E-state index in [0.717, 1.165) is 17.7 Å². The molecule has 1 aromatic carbocycles. The number of hydrogen-bond acceptors (Lipinski definition) is 4. The molecule has 1 fully saturated rings. The van der Waals surface area contributed by atoms with Gasteiger partial charge in [0.1, 0.15) is 6.10 Å². The number of cyclic esters (lactones) is 1. The fraction of sp³-hybridized carbons (Fsp3) is 0.389. The van der Waals surface area contributed by atoms with Crippen LogP contribution >= 0.6 is 11.6 Å². The van der Waals surface area contributed by atoms with Crippen molar-refractivity contribution in [3.05, 3.63) is 58.8 Å².